The average Bonchev–Trinajstić information content (AvgIpc) is 2.87. The lowest BCUT2D eigenvalue weighted by molar-refractivity contribution is -0.153. The minimum absolute atomic E-state index is 0.0404. The van der Waals surface area contributed by atoms with Gasteiger partial charge in [0.05, 0.1) is 31.3 Å². The van der Waals surface area contributed by atoms with E-state index in [2.05, 4.69) is 5.10 Å². The van der Waals surface area contributed by atoms with Crippen molar-refractivity contribution in [2.24, 2.45) is 7.05 Å². The zero-order valence-corrected chi connectivity index (χ0v) is 16.1. The first kappa shape index (κ1) is 20.9. The zero-order chi connectivity index (χ0) is 20.4. The molecule has 0 amide bonds. The fraction of sp³-hybridized carbons (Fsp3) is 0.438. The molecule has 2 rings (SSSR count). The molecular weight excluding hydrogens is 387 g/mol. The third-order valence-corrected chi connectivity index (χ3v) is 4.73. The number of methoxy groups -OCH3 is 1. The Morgan fingerprint density at radius 1 is 1.26 bits per heavy atom. The van der Waals surface area contributed by atoms with E-state index >= 15 is 0 Å². The van der Waals surface area contributed by atoms with Crippen molar-refractivity contribution < 1.29 is 31.1 Å². The number of nitrogens with zero attached hydrogens (tertiary/aromatic N) is 3. The number of alkyl halides is 3. The van der Waals surface area contributed by atoms with Crippen LogP contribution in [0.5, 0.6) is 11.5 Å². The van der Waals surface area contributed by atoms with Crippen LogP contribution in [0.2, 0.25) is 0 Å². The summed E-state index contributed by atoms with van der Waals surface area (Å²) in [6.45, 7) is 0.191. The maximum atomic E-state index is 12.3. The largest absolute Gasteiger partial charge is 0.493 e. The van der Waals surface area contributed by atoms with Crippen molar-refractivity contribution in [3.05, 3.63) is 35.7 Å². The molecule has 0 saturated carbocycles. The molecule has 27 heavy (non-hydrogen) atoms. The maximum absolute atomic E-state index is 12.3. The Balaban J connectivity index is 2.32. The van der Waals surface area contributed by atoms with Gasteiger partial charge < -0.3 is 9.47 Å². The van der Waals surface area contributed by atoms with E-state index < -0.39 is 22.8 Å². The molecule has 0 atom stereocenters. The Bertz CT molecular complexity index is 910. The van der Waals surface area contributed by atoms with Crippen LogP contribution in [0, 0.1) is 6.92 Å². The number of aryl methyl sites for hydroxylation is 2. The quantitative estimate of drug-likeness (QED) is 0.706. The molecule has 0 radical (unpaired) electrons. The summed E-state index contributed by atoms with van der Waals surface area (Å²) in [4.78, 5) is 0. The van der Waals surface area contributed by atoms with Crippen LogP contribution in [0.3, 0.4) is 0 Å². The summed E-state index contributed by atoms with van der Waals surface area (Å²) in [6.07, 6.45) is -1.83. The first-order chi connectivity index (χ1) is 12.4. The van der Waals surface area contributed by atoms with Crippen molar-refractivity contribution in [3.63, 3.8) is 0 Å². The van der Waals surface area contributed by atoms with Crippen LogP contribution in [-0.2, 0) is 23.6 Å². The second-order valence-corrected chi connectivity index (χ2v) is 7.84. The predicted molar refractivity (Wildman–Crippen MR) is 93.5 cm³/mol. The lowest BCUT2D eigenvalue weighted by atomic mass is 10.2. The van der Waals surface area contributed by atoms with E-state index in [1.807, 2.05) is 0 Å². The molecule has 0 N–H and O–H groups in total. The van der Waals surface area contributed by atoms with Crippen molar-refractivity contribution in [2.45, 2.75) is 19.6 Å². The van der Waals surface area contributed by atoms with Gasteiger partial charge in [-0.1, -0.05) is 6.07 Å². The van der Waals surface area contributed by atoms with Gasteiger partial charge in [-0.15, -0.1) is 0 Å². The molecule has 0 aliphatic carbocycles. The van der Waals surface area contributed by atoms with E-state index in [4.69, 9.17) is 9.47 Å². The number of sulfonamides is 1. The van der Waals surface area contributed by atoms with Crippen molar-refractivity contribution in [3.8, 4) is 11.5 Å². The van der Waals surface area contributed by atoms with Crippen LogP contribution in [-0.4, -0.2) is 44.3 Å². The second kappa shape index (κ2) is 7.67. The van der Waals surface area contributed by atoms with Crippen LogP contribution in [0.15, 0.2) is 24.4 Å². The highest BCUT2D eigenvalue weighted by Crippen LogP contribution is 2.31. The SMILES string of the molecule is COc1cc(CN(c2cn(C)nc2C)S(C)(=O)=O)ccc1OCC(F)(F)F. The maximum Gasteiger partial charge on any atom is 0.422 e. The third-order valence-electron chi connectivity index (χ3n) is 3.60. The van der Waals surface area contributed by atoms with Gasteiger partial charge in [0.15, 0.2) is 18.1 Å². The highest BCUT2D eigenvalue weighted by molar-refractivity contribution is 7.92. The first-order valence-electron chi connectivity index (χ1n) is 7.75. The molecule has 0 aliphatic rings. The number of anilines is 1. The molecule has 7 nitrogen and oxygen atoms in total. The summed E-state index contributed by atoms with van der Waals surface area (Å²) in [5, 5.41) is 4.14. The standard InChI is InChI=1S/C16H20F3N3O4S/c1-11-13(9-21(2)20-11)22(27(4,23)24)8-12-5-6-14(15(7-12)25-3)26-10-16(17,18)19/h5-7,9H,8,10H2,1-4H3. The van der Waals surface area contributed by atoms with Crippen LogP contribution in [0.25, 0.3) is 0 Å². The Labute approximate surface area is 155 Å². The molecule has 0 unspecified atom stereocenters. The van der Waals surface area contributed by atoms with E-state index in [-0.39, 0.29) is 18.0 Å². The van der Waals surface area contributed by atoms with Crippen molar-refractivity contribution >= 4 is 15.7 Å². The monoisotopic (exact) mass is 407 g/mol. The summed E-state index contributed by atoms with van der Waals surface area (Å²) < 4.78 is 74.0. The second-order valence-electron chi connectivity index (χ2n) is 5.93. The fourth-order valence-corrected chi connectivity index (χ4v) is 3.39. The van der Waals surface area contributed by atoms with Crippen molar-refractivity contribution in [1.82, 2.24) is 9.78 Å². The van der Waals surface area contributed by atoms with Crippen LogP contribution < -0.4 is 13.8 Å². The molecule has 1 aromatic carbocycles. The Kier molecular flexibility index (Phi) is 5.93. The lowest BCUT2D eigenvalue weighted by Gasteiger charge is -2.22. The molecule has 0 spiro atoms. The summed E-state index contributed by atoms with van der Waals surface area (Å²) in [5.41, 5.74) is 1.45. The minimum atomic E-state index is -4.48. The van der Waals surface area contributed by atoms with Gasteiger partial charge in [0.1, 0.15) is 0 Å². The molecule has 150 valence electrons. The molecule has 11 heteroatoms. The third kappa shape index (κ3) is 5.52. The van der Waals surface area contributed by atoms with E-state index in [1.165, 1.54) is 34.3 Å². The van der Waals surface area contributed by atoms with Crippen LogP contribution in [0.4, 0.5) is 18.9 Å². The summed E-state index contributed by atoms with van der Waals surface area (Å²) in [6, 6.07) is 4.24. The topological polar surface area (TPSA) is 73.7 Å². The van der Waals surface area contributed by atoms with Gasteiger partial charge in [0.2, 0.25) is 10.0 Å². The Morgan fingerprint density at radius 3 is 2.41 bits per heavy atom. The van der Waals surface area contributed by atoms with Crippen molar-refractivity contribution in [2.75, 3.05) is 24.3 Å². The first-order valence-corrected chi connectivity index (χ1v) is 9.60. The van der Waals surface area contributed by atoms with E-state index in [0.29, 0.717) is 16.9 Å². The normalized spacial score (nSPS) is 12.1. The van der Waals surface area contributed by atoms with Gasteiger partial charge in [-0.2, -0.15) is 18.3 Å². The number of aromatic nitrogens is 2. The van der Waals surface area contributed by atoms with Gasteiger partial charge >= 0.3 is 6.18 Å². The summed E-state index contributed by atoms with van der Waals surface area (Å²) in [5.74, 6) is -0.00449. The number of rotatable bonds is 7. The number of ether oxygens (including phenoxy) is 2. The highest BCUT2D eigenvalue weighted by atomic mass is 32.2. The Morgan fingerprint density at radius 2 is 1.93 bits per heavy atom. The van der Waals surface area contributed by atoms with Gasteiger partial charge in [-0.05, 0) is 24.6 Å². The zero-order valence-electron chi connectivity index (χ0n) is 15.2. The predicted octanol–water partition coefficient (Wildman–Crippen LogP) is 2.64. The minimum Gasteiger partial charge on any atom is -0.493 e. The lowest BCUT2D eigenvalue weighted by Crippen LogP contribution is -2.29. The summed E-state index contributed by atoms with van der Waals surface area (Å²) >= 11 is 0. The van der Waals surface area contributed by atoms with Crippen molar-refractivity contribution in [1.29, 1.82) is 0 Å². The smallest absolute Gasteiger partial charge is 0.422 e. The van der Waals surface area contributed by atoms with Crippen LogP contribution >= 0.6 is 0 Å². The molecule has 0 bridgehead atoms. The van der Waals surface area contributed by atoms with Gasteiger partial charge in [0, 0.05) is 13.2 Å². The fourth-order valence-electron chi connectivity index (χ4n) is 2.47. The Hall–Kier alpha value is -2.43. The van der Waals surface area contributed by atoms with E-state index in [9.17, 15) is 21.6 Å². The van der Waals surface area contributed by atoms with E-state index in [0.717, 1.165) is 6.26 Å². The molecule has 1 aromatic heterocycles. The van der Waals surface area contributed by atoms with E-state index in [1.54, 1.807) is 20.2 Å². The molecule has 2 aromatic rings. The van der Waals surface area contributed by atoms with Gasteiger partial charge in [-0.3, -0.25) is 8.99 Å². The molecule has 1 heterocycles. The average molecular weight is 407 g/mol. The summed E-state index contributed by atoms with van der Waals surface area (Å²) in [7, 11) is -0.661. The number of hydrogen-bond donors (Lipinski definition) is 0. The van der Waals surface area contributed by atoms with Gasteiger partial charge in [-0.25, -0.2) is 8.42 Å². The molecule has 0 fully saturated rings. The van der Waals surface area contributed by atoms with Crippen LogP contribution in [0.1, 0.15) is 11.3 Å². The molecule has 0 saturated heterocycles. The van der Waals surface area contributed by atoms with Gasteiger partial charge in [0.25, 0.3) is 0 Å². The molecule has 0 aliphatic heterocycles. The number of halogens is 3. The number of hydrogen-bond acceptors (Lipinski definition) is 5. The number of benzene rings is 1. The molecular formula is C16H20F3N3O4S. The highest BCUT2D eigenvalue weighted by Gasteiger charge is 2.29.